The second-order valence-electron chi connectivity index (χ2n) is 9.34. The zero-order valence-corrected chi connectivity index (χ0v) is 18.9. The van der Waals surface area contributed by atoms with E-state index in [2.05, 4.69) is 10.4 Å². The van der Waals surface area contributed by atoms with Gasteiger partial charge in [0.05, 0.1) is 6.20 Å². The molecule has 0 radical (unpaired) electrons. The van der Waals surface area contributed by atoms with Crippen LogP contribution in [0.3, 0.4) is 0 Å². The average Bonchev–Trinajstić information content (AvgIpc) is 3.53. The fraction of sp³-hybridized carbons (Fsp3) is 0.583. The summed E-state index contributed by atoms with van der Waals surface area (Å²) < 4.78 is 3.62. The van der Waals surface area contributed by atoms with Crippen LogP contribution in [-0.2, 0) is 30.8 Å². The van der Waals surface area contributed by atoms with Crippen molar-refractivity contribution in [2.24, 2.45) is 5.92 Å². The molecular weight excluding hydrogens is 406 g/mol. The number of fused-ring (bicyclic) bond motifs is 1. The van der Waals surface area contributed by atoms with Crippen molar-refractivity contribution in [3.63, 3.8) is 0 Å². The summed E-state index contributed by atoms with van der Waals surface area (Å²) >= 11 is 0. The van der Waals surface area contributed by atoms with E-state index in [1.165, 1.54) is 0 Å². The third-order valence-corrected chi connectivity index (χ3v) is 7.30. The van der Waals surface area contributed by atoms with Gasteiger partial charge in [-0.05, 0) is 57.1 Å². The van der Waals surface area contributed by atoms with Crippen molar-refractivity contribution in [3.05, 3.63) is 50.7 Å². The maximum absolute atomic E-state index is 13.3. The summed E-state index contributed by atoms with van der Waals surface area (Å²) in [6.45, 7) is 6.17. The molecule has 2 aromatic rings. The molecule has 3 aliphatic rings. The molecule has 1 aliphatic heterocycles. The van der Waals surface area contributed by atoms with Gasteiger partial charge in [0.25, 0.3) is 11.5 Å². The highest BCUT2D eigenvalue weighted by atomic mass is 16.2. The summed E-state index contributed by atoms with van der Waals surface area (Å²) in [5.41, 5.74) is 3.76. The monoisotopic (exact) mass is 437 g/mol. The Bertz CT molecular complexity index is 1120. The normalized spacial score (nSPS) is 18.2. The molecule has 0 spiro atoms. The Hall–Kier alpha value is -2.90. The second kappa shape index (κ2) is 8.22. The first-order valence-electron chi connectivity index (χ1n) is 11.8. The lowest BCUT2D eigenvalue weighted by Gasteiger charge is -2.35. The summed E-state index contributed by atoms with van der Waals surface area (Å²) in [4.78, 5) is 41.2. The molecule has 1 N–H and O–H groups in total. The van der Waals surface area contributed by atoms with Gasteiger partial charge >= 0.3 is 0 Å². The predicted molar refractivity (Wildman–Crippen MR) is 119 cm³/mol. The van der Waals surface area contributed by atoms with Crippen LogP contribution in [0.15, 0.2) is 17.2 Å². The summed E-state index contributed by atoms with van der Waals surface area (Å²) in [5, 5.41) is 7.29. The SMILES string of the molecule is CCn1ncc(CNC(=O)c2c3c(cn(C4CC4)c2=O)CN(C(=O)C2CCC2)CC3)c1C. The van der Waals surface area contributed by atoms with Crippen molar-refractivity contribution in [3.8, 4) is 0 Å². The van der Waals surface area contributed by atoms with Crippen LogP contribution in [0.4, 0.5) is 0 Å². The second-order valence-corrected chi connectivity index (χ2v) is 9.34. The molecule has 2 saturated carbocycles. The van der Waals surface area contributed by atoms with Crippen LogP contribution in [0.25, 0.3) is 0 Å². The van der Waals surface area contributed by atoms with Gasteiger partial charge in [-0.15, -0.1) is 0 Å². The van der Waals surface area contributed by atoms with Crippen molar-refractivity contribution in [1.29, 1.82) is 0 Å². The van der Waals surface area contributed by atoms with E-state index in [4.69, 9.17) is 0 Å². The first kappa shape index (κ1) is 21.0. The van der Waals surface area contributed by atoms with Gasteiger partial charge in [-0.2, -0.15) is 5.10 Å². The third-order valence-electron chi connectivity index (χ3n) is 7.30. The Balaban J connectivity index is 1.42. The number of hydrogen-bond donors (Lipinski definition) is 1. The van der Waals surface area contributed by atoms with Gasteiger partial charge in [-0.25, -0.2) is 0 Å². The van der Waals surface area contributed by atoms with Crippen LogP contribution in [0.1, 0.15) is 77.8 Å². The zero-order valence-electron chi connectivity index (χ0n) is 18.9. The fourth-order valence-corrected chi connectivity index (χ4v) is 4.88. The quantitative estimate of drug-likeness (QED) is 0.751. The smallest absolute Gasteiger partial charge is 0.263 e. The van der Waals surface area contributed by atoms with E-state index < -0.39 is 0 Å². The number of hydrogen-bond acceptors (Lipinski definition) is 4. The lowest BCUT2D eigenvalue weighted by molar-refractivity contribution is -0.139. The molecule has 170 valence electrons. The summed E-state index contributed by atoms with van der Waals surface area (Å²) in [5.74, 6) is 0.0464. The molecule has 0 unspecified atom stereocenters. The molecule has 32 heavy (non-hydrogen) atoms. The Morgan fingerprint density at radius 3 is 2.62 bits per heavy atom. The molecule has 2 fully saturated rings. The van der Waals surface area contributed by atoms with Gasteiger partial charge in [0, 0.05) is 55.6 Å². The van der Waals surface area contributed by atoms with Crippen molar-refractivity contribution < 1.29 is 9.59 Å². The topological polar surface area (TPSA) is 89.2 Å². The Morgan fingerprint density at radius 2 is 2.00 bits per heavy atom. The average molecular weight is 438 g/mol. The Morgan fingerprint density at radius 1 is 1.22 bits per heavy atom. The molecule has 3 heterocycles. The van der Waals surface area contributed by atoms with E-state index >= 15 is 0 Å². The summed E-state index contributed by atoms with van der Waals surface area (Å²) in [6, 6.07) is 0.169. The third kappa shape index (κ3) is 3.65. The first-order valence-corrected chi connectivity index (χ1v) is 11.8. The highest BCUT2D eigenvalue weighted by molar-refractivity contribution is 5.95. The summed E-state index contributed by atoms with van der Waals surface area (Å²) in [7, 11) is 0. The number of carbonyl (C=O) groups excluding carboxylic acids is 2. The largest absolute Gasteiger partial charge is 0.348 e. The first-order chi connectivity index (χ1) is 15.5. The van der Waals surface area contributed by atoms with Gasteiger partial charge < -0.3 is 14.8 Å². The number of aryl methyl sites for hydroxylation is 1. The van der Waals surface area contributed by atoms with E-state index in [9.17, 15) is 14.4 Å². The standard InChI is InChI=1S/C24H31N5O3/c1-3-29-15(2)17(12-26-29)11-25-22(30)21-20-9-10-27(23(31)16-5-4-6-16)13-18(20)14-28(24(21)32)19-7-8-19/h12,14,16,19H,3-11,13H2,1-2H3,(H,25,30). The lowest BCUT2D eigenvalue weighted by Crippen LogP contribution is -2.44. The molecule has 2 amide bonds. The van der Waals surface area contributed by atoms with E-state index in [0.717, 1.165) is 61.0 Å². The molecule has 0 bridgehead atoms. The molecule has 0 aromatic carbocycles. The molecule has 8 nitrogen and oxygen atoms in total. The molecule has 8 heteroatoms. The van der Waals surface area contributed by atoms with Crippen LogP contribution in [-0.4, -0.2) is 37.6 Å². The number of nitrogens with zero attached hydrogens (tertiary/aromatic N) is 4. The minimum Gasteiger partial charge on any atom is -0.348 e. The number of carbonyl (C=O) groups is 2. The van der Waals surface area contributed by atoms with Crippen molar-refractivity contribution in [2.75, 3.05) is 6.54 Å². The van der Waals surface area contributed by atoms with Gasteiger partial charge in [-0.1, -0.05) is 6.42 Å². The van der Waals surface area contributed by atoms with Gasteiger partial charge in [0.2, 0.25) is 5.91 Å². The molecule has 2 aromatic heterocycles. The van der Waals surface area contributed by atoms with E-state index in [-0.39, 0.29) is 34.9 Å². The Labute approximate surface area is 187 Å². The van der Waals surface area contributed by atoms with Crippen LogP contribution in [0.2, 0.25) is 0 Å². The van der Waals surface area contributed by atoms with E-state index in [1.54, 1.807) is 10.8 Å². The molecule has 0 atom stereocenters. The number of aromatic nitrogens is 3. The summed E-state index contributed by atoms with van der Waals surface area (Å²) in [6.07, 6.45) is 9.22. The van der Waals surface area contributed by atoms with Crippen molar-refractivity contribution >= 4 is 11.8 Å². The molecule has 2 aliphatic carbocycles. The van der Waals surface area contributed by atoms with E-state index in [1.807, 2.05) is 29.6 Å². The molecule has 5 rings (SSSR count). The van der Waals surface area contributed by atoms with Gasteiger partial charge in [-0.3, -0.25) is 19.1 Å². The minimum atomic E-state index is -0.330. The number of nitrogens with one attached hydrogen (secondary N) is 1. The van der Waals surface area contributed by atoms with Crippen LogP contribution >= 0.6 is 0 Å². The highest BCUT2D eigenvalue weighted by Crippen LogP contribution is 2.35. The van der Waals surface area contributed by atoms with Crippen LogP contribution < -0.4 is 10.9 Å². The maximum atomic E-state index is 13.3. The molecular formula is C24H31N5O3. The van der Waals surface area contributed by atoms with Crippen molar-refractivity contribution in [1.82, 2.24) is 24.6 Å². The highest BCUT2D eigenvalue weighted by Gasteiger charge is 2.35. The predicted octanol–water partition coefficient (Wildman–Crippen LogP) is 2.32. The number of amides is 2. The van der Waals surface area contributed by atoms with Gasteiger partial charge in [0.1, 0.15) is 5.56 Å². The van der Waals surface area contributed by atoms with Gasteiger partial charge in [0.15, 0.2) is 0 Å². The molecule has 0 saturated heterocycles. The minimum absolute atomic E-state index is 0.154. The van der Waals surface area contributed by atoms with Crippen molar-refractivity contribution in [2.45, 2.75) is 78.0 Å². The van der Waals surface area contributed by atoms with E-state index in [0.29, 0.717) is 26.1 Å². The maximum Gasteiger partial charge on any atom is 0.263 e. The van der Waals surface area contributed by atoms with Crippen LogP contribution in [0.5, 0.6) is 0 Å². The van der Waals surface area contributed by atoms with Crippen LogP contribution in [0, 0.1) is 12.8 Å². The number of pyridine rings is 1. The number of rotatable bonds is 6. The Kier molecular flexibility index (Phi) is 5.39. The fourth-order valence-electron chi connectivity index (χ4n) is 4.88. The zero-order chi connectivity index (χ0) is 22.4. The lowest BCUT2D eigenvalue weighted by atomic mass is 9.83.